The lowest BCUT2D eigenvalue weighted by atomic mass is 9.83. The fourth-order valence-corrected chi connectivity index (χ4v) is 3.87. The molecule has 1 nitrogen and oxygen atoms in total. The van der Waals surface area contributed by atoms with Crippen LogP contribution in [0.25, 0.3) is 11.1 Å². The fourth-order valence-electron chi connectivity index (χ4n) is 3.87. The van der Waals surface area contributed by atoms with E-state index in [2.05, 4.69) is 54.7 Å². The van der Waals surface area contributed by atoms with Gasteiger partial charge in [-0.25, -0.2) is 4.39 Å². The standard InChI is InChI=1S/C23H22FN/c1-16-13-21(18-7-9-19(24)10-8-18)20-11-12-25-15-23(22(20)14-16)17-5-3-2-4-6-17/h2-10,13-14,23,25H,11-12,15H2,1H3. The first-order valence-electron chi connectivity index (χ1n) is 8.87. The topological polar surface area (TPSA) is 12.0 Å². The van der Waals surface area contributed by atoms with Crippen LogP contribution in [0.4, 0.5) is 4.39 Å². The number of fused-ring (bicyclic) bond motifs is 1. The Labute approximate surface area is 148 Å². The van der Waals surface area contributed by atoms with Gasteiger partial charge in [0.05, 0.1) is 0 Å². The number of hydrogen-bond donors (Lipinski definition) is 1. The summed E-state index contributed by atoms with van der Waals surface area (Å²) in [6.07, 6.45) is 0.992. The van der Waals surface area contributed by atoms with Crippen LogP contribution in [-0.2, 0) is 6.42 Å². The van der Waals surface area contributed by atoms with Gasteiger partial charge in [-0.2, -0.15) is 0 Å². The highest BCUT2D eigenvalue weighted by atomic mass is 19.1. The predicted molar refractivity (Wildman–Crippen MR) is 101 cm³/mol. The van der Waals surface area contributed by atoms with Crippen molar-refractivity contribution in [1.82, 2.24) is 5.32 Å². The van der Waals surface area contributed by atoms with Gasteiger partial charge in [-0.15, -0.1) is 0 Å². The summed E-state index contributed by atoms with van der Waals surface area (Å²) >= 11 is 0. The molecule has 0 amide bonds. The highest BCUT2D eigenvalue weighted by molar-refractivity contribution is 5.71. The Kier molecular flexibility index (Phi) is 4.37. The van der Waals surface area contributed by atoms with Crippen LogP contribution in [0.2, 0.25) is 0 Å². The molecule has 0 aliphatic carbocycles. The molecule has 0 saturated heterocycles. The van der Waals surface area contributed by atoms with Gasteiger partial charge in [-0.3, -0.25) is 0 Å². The van der Waals surface area contributed by atoms with Gasteiger partial charge in [0, 0.05) is 12.5 Å². The molecule has 126 valence electrons. The van der Waals surface area contributed by atoms with Crippen molar-refractivity contribution < 1.29 is 4.39 Å². The Hall–Kier alpha value is -2.45. The highest BCUT2D eigenvalue weighted by Crippen LogP contribution is 2.36. The number of nitrogens with one attached hydrogen (secondary N) is 1. The van der Waals surface area contributed by atoms with Crippen LogP contribution in [0.15, 0.2) is 66.7 Å². The van der Waals surface area contributed by atoms with E-state index in [-0.39, 0.29) is 5.82 Å². The first kappa shape index (κ1) is 16.0. The van der Waals surface area contributed by atoms with Gasteiger partial charge in [0.15, 0.2) is 0 Å². The molecule has 1 heterocycles. The monoisotopic (exact) mass is 331 g/mol. The Balaban J connectivity index is 1.89. The zero-order valence-electron chi connectivity index (χ0n) is 14.4. The summed E-state index contributed by atoms with van der Waals surface area (Å²) in [5, 5.41) is 3.59. The van der Waals surface area contributed by atoms with E-state index in [0.29, 0.717) is 5.92 Å². The van der Waals surface area contributed by atoms with Gasteiger partial charge in [-0.1, -0.05) is 60.2 Å². The lowest BCUT2D eigenvalue weighted by molar-refractivity contribution is 0.628. The van der Waals surface area contributed by atoms with Crippen LogP contribution >= 0.6 is 0 Å². The number of aryl methyl sites for hydroxylation is 1. The molecule has 0 bridgehead atoms. The normalized spacial score (nSPS) is 17.0. The van der Waals surface area contributed by atoms with Crippen molar-refractivity contribution in [3.05, 3.63) is 94.8 Å². The second-order valence-electron chi connectivity index (χ2n) is 6.80. The molecule has 4 rings (SSSR count). The summed E-state index contributed by atoms with van der Waals surface area (Å²) in [4.78, 5) is 0. The van der Waals surface area contributed by atoms with Crippen LogP contribution in [0.5, 0.6) is 0 Å². The minimum atomic E-state index is -0.189. The summed E-state index contributed by atoms with van der Waals surface area (Å²) in [5.74, 6) is 0.157. The molecule has 1 aliphatic heterocycles. The Bertz CT molecular complexity index is 869. The zero-order valence-corrected chi connectivity index (χ0v) is 14.4. The minimum absolute atomic E-state index is 0.189. The van der Waals surface area contributed by atoms with Crippen LogP contribution in [0.3, 0.4) is 0 Å². The van der Waals surface area contributed by atoms with E-state index in [1.54, 1.807) is 12.1 Å². The van der Waals surface area contributed by atoms with Gasteiger partial charge in [0.2, 0.25) is 0 Å². The molecule has 1 unspecified atom stereocenters. The van der Waals surface area contributed by atoms with E-state index < -0.39 is 0 Å². The second kappa shape index (κ2) is 6.81. The SMILES string of the molecule is Cc1cc(-c2ccc(F)cc2)c2c(c1)C(c1ccccc1)CNCC2. The molecule has 0 fully saturated rings. The van der Waals surface area contributed by atoms with Crippen LogP contribution < -0.4 is 5.32 Å². The van der Waals surface area contributed by atoms with Gasteiger partial charge < -0.3 is 5.32 Å². The van der Waals surface area contributed by atoms with Crippen LogP contribution in [0.1, 0.15) is 28.2 Å². The van der Waals surface area contributed by atoms with Crippen molar-refractivity contribution in [3.63, 3.8) is 0 Å². The zero-order chi connectivity index (χ0) is 17.2. The second-order valence-corrected chi connectivity index (χ2v) is 6.80. The fraction of sp³-hybridized carbons (Fsp3) is 0.217. The van der Waals surface area contributed by atoms with E-state index in [1.807, 2.05) is 12.1 Å². The lowest BCUT2D eigenvalue weighted by Crippen LogP contribution is -2.20. The summed E-state index contributed by atoms with van der Waals surface area (Å²) in [5.41, 5.74) is 7.70. The molecule has 2 heteroatoms. The average molecular weight is 331 g/mol. The predicted octanol–water partition coefficient (Wildman–Crippen LogP) is 5.08. The van der Waals surface area contributed by atoms with Gasteiger partial charge in [0.25, 0.3) is 0 Å². The molecule has 0 aromatic heterocycles. The van der Waals surface area contributed by atoms with Crippen LogP contribution in [-0.4, -0.2) is 13.1 Å². The Morgan fingerprint density at radius 2 is 1.72 bits per heavy atom. The van der Waals surface area contributed by atoms with E-state index in [1.165, 1.54) is 27.8 Å². The molecule has 0 radical (unpaired) electrons. The maximum absolute atomic E-state index is 13.4. The number of hydrogen-bond acceptors (Lipinski definition) is 1. The molecule has 0 saturated carbocycles. The third-order valence-electron chi connectivity index (χ3n) is 5.06. The first-order valence-corrected chi connectivity index (χ1v) is 8.87. The first-order chi connectivity index (χ1) is 12.2. The van der Waals surface area contributed by atoms with Crippen molar-refractivity contribution in [2.75, 3.05) is 13.1 Å². The summed E-state index contributed by atoms with van der Waals surface area (Å²) in [7, 11) is 0. The van der Waals surface area contributed by atoms with Crippen molar-refractivity contribution in [1.29, 1.82) is 0 Å². The largest absolute Gasteiger partial charge is 0.315 e. The van der Waals surface area contributed by atoms with E-state index in [9.17, 15) is 4.39 Å². The number of benzene rings is 3. The quantitative estimate of drug-likeness (QED) is 0.690. The molecule has 3 aromatic rings. The highest BCUT2D eigenvalue weighted by Gasteiger charge is 2.23. The van der Waals surface area contributed by atoms with Crippen molar-refractivity contribution >= 4 is 0 Å². The van der Waals surface area contributed by atoms with E-state index in [0.717, 1.165) is 25.1 Å². The van der Waals surface area contributed by atoms with Gasteiger partial charge in [-0.05, 0) is 59.8 Å². The third-order valence-corrected chi connectivity index (χ3v) is 5.06. The molecular formula is C23H22FN. The van der Waals surface area contributed by atoms with Gasteiger partial charge >= 0.3 is 0 Å². The molecule has 3 aromatic carbocycles. The summed E-state index contributed by atoms with van der Waals surface area (Å²) in [6.45, 7) is 4.06. The molecule has 0 spiro atoms. The van der Waals surface area contributed by atoms with Crippen molar-refractivity contribution in [2.45, 2.75) is 19.3 Å². The molecule has 1 aliphatic rings. The lowest BCUT2D eigenvalue weighted by Gasteiger charge is -2.21. The van der Waals surface area contributed by atoms with E-state index >= 15 is 0 Å². The summed E-state index contributed by atoms with van der Waals surface area (Å²) in [6, 6.07) is 22.1. The average Bonchev–Trinajstić information content (AvgIpc) is 2.85. The molecular weight excluding hydrogens is 309 g/mol. The van der Waals surface area contributed by atoms with Crippen molar-refractivity contribution in [3.8, 4) is 11.1 Å². The Morgan fingerprint density at radius 3 is 2.48 bits per heavy atom. The third kappa shape index (κ3) is 3.22. The smallest absolute Gasteiger partial charge is 0.123 e. The van der Waals surface area contributed by atoms with Crippen molar-refractivity contribution in [2.24, 2.45) is 0 Å². The molecule has 1 N–H and O–H groups in total. The minimum Gasteiger partial charge on any atom is -0.315 e. The Morgan fingerprint density at radius 1 is 0.960 bits per heavy atom. The summed E-state index contributed by atoms with van der Waals surface area (Å²) < 4.78 is 13.4. The molecule has 1 atom stereocenters. The maximum Gasteiger partial charge on any atom is 0.123 e. The number of halogens is 1. The maximum atomic E-state index is 13.4. The van der Waals surface area contributed by atoms with E-state index in [4.69, 9.17) is 0 Å². The molecule has 25 heavy (non-hydrogen) atoms. The number of rotatable bonds is 2. The van der Waals surface area contributed by atoms with Gasteiger partial charge in [0.1, 0.15) is 5.82 Å². The van der Waals surface area contributed by atoms with Crippen LogP contribution in [0, 0.1) is 12.7 Å².